The number of guanidine groups is 1. The van der Waals surface area contributed by atoms with Crippen molar-refractivity contribution in [2.45, 2.75) is 97.2 Å². The van der Waals surface area contributed by atoms with Crippen molar-refractivity contribution in [3.63, 3.8) is 0 Å². The van der Waals surface area contributed by atoms with Gasteiger partial charge in [0.05, 0.1) is 17.6 Å². The monoisotopic (exact) mass is 567 g/mol. The molecule has 3 aliphatic carbocycles. The molecular formula is C26H46BN5O6S. The summed E-state index contributed by atoms with van der Waals surface area (Å²) in [7, 11) is -0.535. The lowest BCUT2D eigenvalue weighted by atomic mass is 9.43. The van der Waals surface area contributed by atoms with Gasteiger partial charge < -0.3 is 20.4 Å². The van der Waals surface area contributed by atoms with Crippen molar-refractivity contribution in [3.8, 4) is 0 Å². The number of thioether (sulfide) groups is 1. The first-order chi connectivity index (χ1) is 18.3. The largest absolute Gasteiger partial charge is 0.481 e. The van der Waals surface area contributed by atoms with Gasteiger partial charge in [0, 0.05) is 25.3 Å². The highest BCUT2D eigenvalue weighted by molar-refractivity contribution is 7.98. The number of ketones is 1. The molecule has 1 heterocycles. The average Bonchev–Trinajstić information content (AvgIpc) is 3.20. The van der Waals surface area contributed by atoms with Gasteiger partial charge >= 0.3 is 7.12 Å². The van der Waals surface area contributed by atoms with Gasteiger partial charge in [-0.2, -0.15) is 11.8 Å². The Kier molecular flexibility index (Phi) is 10.7. The minimum atomic E-state index is -0.775. The van der Waals surface area contributed by atoms with Crippen molar-refractivity contribution in [2.24, 2.45) is 39.8 Å². The number of aliphatic imine (C=N–C) groups is 1. The van der Waals surface area contributed by atoms with E-state index in [9.17, 15) is 19.7 Å². The third-order valence-corrected chi connectivity index (χ3v) is 9.59. The fraction of sp³-hybridized carbons (Fsp3) is 0.885. The number of nitrogens with zero attached hydrogens (tertiary/aromatic N) is 2. The normalized spacial score (nSPS) is 28.8. The Morgan fingerprint density at radius 2 is 2.00 bits per heavy atom. The molecule has 0 spiro atoms. The van der Waals surface area contributed by atoms with Crippen LogP contribution in [0.5, 0.6) is 0 Å². The van der Waals surface area contributed by atoms with Gasteiger partial charge in [-0.3, -0.25) is 9.59 Å². The maximum Gasteiger partial charge on any atom is 0.481 e. The van der Waals surface area contributed by atoms with Crippen LogP contribution in [0.25, 0.3) is 0 Å². The molecule has 3 saturated carbocycles. The maximum atomic E-state index is 13.6. The predicted molar refractivity (Wildman–Crippen MR) is 153 cm³/mol. The van der Waals surface area contributed by atoms with Gasteiger partial charge in [-0.15, -0.1) is 0 Å². The SMILES string of the molecule is CSCCC(=O)C[C@@H](CCCN=C(N)N[N+](=O)[O-])C(=O)N[C@@H](CC(C)C)B1O[C@@H]2C[C@@H]3C[C@@H](C3(C)C)[C@]2(C)O1. The van der Waals surface area contributed by atoms with Crippen LogP contribution < -0.4 is 16.5 Å². The van der Waals surface area contributed by atoms with E-state index in [1.165, 1.54) is 0 Å². The smallest absolute Gasteiger partial charge is 0.404 e. The summed E-state index contributed by atoms with van der Waals surface area (Å²) >= 11 is 1.59. The van der Waals surface area contributed by atoms with E-state index in [0.29, 0.717) is 49.2 Å². The third-order valence-electron chi connectivity index (χ3n) is 8.98. The molecule has 4 rings (SSSR count). The van der Waals surface area contributed by atoms with Crippen LogP contribution in [-0.2, 0) is 18.9 Å². The van der Waals surface area contributed by atoms with E-state index in [-0.39, 0.29) is 53.7 Å². The molecule has 0 aromatic heterocycles. The van der Waals surface area contributed by atoms with Crippen molar-refractivity contribution in [1.29, 1.82) is 0 Å². The number of nitrogens with two attached hydrogens (primary N) is 1. The van der Waals surface area contributed by atoms with E-state index in [4.69, 9.17) is 15.0 Å². The molecule has 0 unspecified atom stereocenters. The van der Waals surface area contributed by atoms with Gasteiger partial charge in [0.25, 0.3) is 5.96 Å². The number of amides is 1. The second-order valence-corrected chi connectivity index (χ2v) is 13.5. The van der Waals surface area contributed by atoms with Crippen molar-refractivity contribution in [3.05, 3.63) is 10.1 Å². The Morgan fingerprint density at radius 1 is 1.28 bits per heavy atom. The Bertz CT molecular complexity index is 937. The molecule has 2 bridgehead atoms. The molecule has 11 nitrogen and oxygen atoms in total. The Balaban J connectivity index is 1.68. The first kappa shape index (κ1) is 31.7. The van der Waals surface area contributed by atoms with Crippen LogP contribution in [0.3, 0.4) is 0 Å². The van der Waals surface area contributed by atoms with Crippen LogP contribution in [0.4, 0.5) is 0 Å². The maximum absolute atomic E-state index is 13.6. The van der Waals surface area contributed by atoms with Gasteiger partial charge in [0.15, 0.2) is 5.03 Å². The number of carbonyl (C=O) groups excluding carboxylic acids is 2. The summed E-state index contributed by atoms with van der Waals surface area (Å²) in [5.41, 5.74) is 7.16. The number of nitro groups is 1. The number of hydrogen-bond acceptors (Lipinski definition) is 8. The molecule has 1 aliphatic heterocycles. The quantitative estimate of drug-likeness (QED) is 0.0675. The lowest BCUT2D eigenvalue weighted by molar-refractivity contribution is -0.525. The summed E-state index contributed by atoms with van der Waals surface area (Å²) in [4.78, 5) is 40.7. The van der Waals surface area contributed by atoms with Gasteiger partial charge in [0.1, 0.15) is 5.78 Å². The second kappa shape index (κ2) is 13.2. The van der Waals surface area contributed by atoms with Gasteiger partial charge in [0.2, 0.25) is 5.91 Å². The first-order valence-electron chi connectivity index (χ1n) is 14.1. The topological polar surface area (TPSA) is 158 Å². The first-order valence-corrected chi connectivity index (χ1v) is 15.5. The molecule has 1 saturated heterocycles. The minimum Gasteiger partial charge on any atom is -0.404 e. The number of Topliss-reactive ketones (excluding diaryl/α,β-unsaturated/α-hetero) is 1. The van der Waals surface area contributed by atoms with Crippen LogP contribution in [0, 0.1) is 39.2 Å². The van der Waals surface area contributed by atoms with E-state index in [2.05, 4.69) is 44.9 Å². The Hall–Kier alpha value is -1.86. The molecule has 39 heavy (non-hydrogen) atoms. The fourth-order valence-corrected chi connectivity index (χ4v) is 7.13. The number of carbonyl (C=O) groups is 2. The third kappa shape index (κ3) is 7.67. The summed E-state index contributed by atoms with van der Waals surface area (Å²) < 4.78 is 13.2. The van der Waals surface area contributed by atoms with Gasteiger partial charge in [-0.1, -0.05) is 33.1 Å². The average molecular weight is 568 g/mol. The van der Waals surface area contributed by atoms with E-state index < -0.39 is 18.1 Å². The summed E-state index contributed by atoms with van der Waals surface area (Å²) in [6.07, 6.45) is 6.19. The predicted octanol–water partition coefficient (Wildman–Crippen LogP) is 2.99. The lowest BCUT2D eigenvalue weighted by Gasteiger charge is -2.64. The summed E-state index contributed by atoms with van der Waals surface area (Å²) in [5, 5.41) is 12.9. The summed E-state index contributed by atoms with van der Waals surface area (Å²) in [6.45, 7) is 11.2. The number of rotatable bonds is 15. The Morgan fingerprint density at radius 3 is 2.62 bits per heavy atom. The molecule has 6 atom stereocenters. The van der Waals surface area contributed by atoms with Gasteiger partial charge in [-0.05, 0) is 74.2 Å². The highest BCUT2D eigenvalue weighted by Crippen LogP contribution is 2.65. The highest BCUT2D eigenvalue weighted by Gasteiger charge is 2.68. The van der Waals surface area contributed by atoms with Crippen LogP contribution in [0.15, 0.2) is 4.99 Å². The van der Waals surface area contributed by atoms with Crippen LogP contribution in [0.1, 0.15) is 79.6 Å². The summed E-state index contributed by atoms with van der Waals surface area (Å²) in [6, 6.07) is 0. The molecule has 4 fully saturated rings. The highest BCUT2D eigenvalue weighted by atomic mass is 32.2. The van der Waals surface area contributed by atoms with Crippen molar-refractivity contribution >= 4 is 36.5 Å². The molecule has 0 aromatic carbocycles. The van der Waals surface area contributed by atoms with Crippen molar-refractivity contribution in [2.75, 3.05) is 18.6 Å². The lowest BCUT2D eigenvalue weighted by Crippen LogP contribution is -2.65. The zero-order chi connectivity index (χ0) is 29.0. The number of hydrogen-bond donors (Lipinski definition) is 3. The van der Waals surface area contributed by atoms with Crippen LogP contribution in [-0.4, -0.2) is 66.0 Å². The summed E-state index contributed by atoms with van der Waals surface area (Å²) in [5.74, 6) is 0.744. The molecule has 1 amide bonds. The second-order valence-electron chi connectivity index (χ2n) is 12.5. The van der Waals surface area contributed by atoms with E-state index >= 15 is 0 Å². The van der Waals surface area contributed by atoms with E-state index in [0.717, 1.165) is 12.8 Å². The zero-order valence-corrected chi connectivity index (χ0v) is 25.1. The van der Waals surface area contributed by atoms with Crippen LogP contribution >= 0.6 is 11.8 Å². The van der Waals surface area contributed by atoms with Crippen molar-refractivity contribution < 1.29 is 23.9 Å². The molecule has 13 heteroatoms. The van der Waals surface area contributed by atoms with Gasteiger partial charge in [-0.25, -0.2) is 15.1 Å². The molecule has 220 valence electrons. The van der Waals surface area contributed by atoms with Crippen LogP contribution in [0.2, 0.25) is 0 Å². The standard InChI is InChI=1S/C26H46BN5O6S/c1-16(2)12-22(27-37-21-15-18-14-20(25(18,3)4)26(21,5)38-27)30-23(34)17(13-19(33)9-11-39-6)8-7-10-29-24(28)31-32(35)36/h16-18,20-22H,7-15H2,1-6H3,(H,30,34)(H3,28,29,31)/t17-,18+,20+,21-,22+,26+/m1/s1. The van der Waals surface area contributed by atoms with E-state index in [1.54, 1.807) is 17.2 Å². The number of hydrazine groups is 1. The fourth-order valence-electron chi connectivity index (χ4n) is 6.70. The Labute approximate surface area is 236 Å². The molecule has 4 N–H and O–H groups in total. The molecule has 0 aromatic rings. The van der Waals surface area contributed by atoms with E-state index in [1.807, 2.05) is 6.26 Å². The minimum absolute atomic E-state index is 0.0193. The zero-order valence-electron chi connectivity index (χ0n) is 24.2. The molecule has 0 radical (unpaired) electrons. The molecule has 4 aliphatic rings. The number of nitrogens with one attached hydrogen (secondary N) is 2. The molecular weight excluding hydrogens is 521 g/mol. The van der Waals surface area contributed by atoms with Crippen molar-refractivity contribution in [1.82, 2.24) is 10.7 Å².